The molecular formula is C17H22N4O3. The third-order valence-electron chi connectivity index (χ3n) is 4.04. The molecule has 1 N–H and O–H groups in total. The summed E-state index contributed by atoms with van der Waals surface area (Å²) in [7, 11) is 0. The highest BCUT2D eigenvalue weighted by Crippen LogP contribution is 2.13. The number of hydrogen-bond acceptors (Lipinski definition) is 5. The molecule has 128 valence electrons. The summed E-state index contributed by atoms with van der Waals surface area (Å²) in [6.07, 6.45) is 0.578. The highest BCUT2D eigenvalue weighted by Gasteiger charge is 2.26. The SMILES string of the molecule is C[C@@H](NC(=O)N1CCOC[C@@H]1C)c1noc(Cc2ccccc2)n1. The third kappa shape index (κ3) is 3.91. The number of carbonyl (C=O) groups excluding carboxylic acids is 1. The van der Waals surface area contributed by atoms with Crippen molar-refractivity contribution < 1.29 is 14.1 Å². The molecule has 3 rings (SSSR count). The minimum absolute atomic E-state index is 0.0601. The first kappa shape index (κ1) is 16.4. The van der Waals surface area contributed by atoms with Crippen LogP contribution in [0.25, 0.3) is 0 Å². The number of urea groups is 1. The molecule has 2 aromatic rings. The molecule has 2 atom stereocenters. The second kappa shape index (κ2) is 7.44. The lowest BCUT2D eigenvalue weighted by atomic mass is 10.1. The summed E-state index contributed by atoms with van der Waals surface area (Å²) >= 11 is 0. The van der Waals surface area contributed by atoms with Gasteiger partial charge < -0.3 is 19.5 Å². The van der Waals surface area contributed by atoms with Gasteiger partial charge in [-0.15, -0.1) is 0 Å². The first-order valence-electron chi connectivity index (χ1n) is 8.15. The van der Waals surface area contributed by atoms with Crippen molar-refractivity contribution in [3.63, 3.8) is 0 Å². The Labute approximate surface area is 141 Å². The van der Waals surface area contributed by atoms with E-state index in [-0.39, 0.29) is 18.1 Å². The quantitative estimate of drug-likeness (QED) is 0.929. The summed E-state index contributed by atoms with van der Waals surface area (Å²) in [5, 5.41) is 6.91. The fourth-order valence-corrected chi connectivity index (χ4v) is 2.65. The largest absolute Gasteiger partial charge is 0.377 e. The van der Waals surface area contributed by atoms with Crippen molar-refractivity contribution in [2.24, 2.45) is 0 Å². The minimum atomic E-state index is -0.319. The van der Waals surface area contributed by atoms with Crippen molar-refractivity contribution in [1.29, 1.82) is 0 Å². The highest BCUT2D eigenvalue weighted by molar-refractivity contribution is 5.75. The van der Waals surface area contributed by atoms with E-state index < -0.39 is 0 Å². The van der Waals surface area contributed by atoms with E-state index in [2.05, 4.69) is 15.5 Å². The van der Waals surface area contributed by atoms with E-state index in [1.807, 2.05) is 44.2 Å². The Morgan fingerprint density at radius 1 is 1.42 bits per heavy atom. The minimum Gasteiger partial charge on any atom is -0.377 e. The molecule has 0 aliphatic carbocycles. The molecule has 0 unspecified atom stereocenters. The molecule has 7 nitrogen and oxygen atoms in total. The van der Waals surface area contributed by atoms with Crippen molar-refractivity contribution in [2.75, 3.05) is 19.8 Å². The van der Waals surface area contributed by atoms with E-state index in [1.165, 1.54) is 0 Å². The topological polar surface area (TPSA) is 80.5 Å². The van der Waals surface area contributed by atoms with Crippen LogP contribution in [0.4, 0.5) is 4.79 Å². The molecule has 0 spiro atoms. The predicted molar refractivity (Wildman–Crippen MR) is 87.5 cm³/mol. The van der Waals surface area contributed by atoms with Crippen LogP contribution in [0.2, 0.25) is 0 Å². The molecule has 1 fully saturated rings. The summed E-state index contributed by atoms with van der Waals surface area (Å²) in [5.74, 6) is 1.02. The number of amides is 2. The average Bonchev–Trinajstić information content (AvgIpc) is 3.04. The number of hydrogen-bond donors (Lipinski definition) is 1. The molecular weight excluding hydrogens is 308 g/mol. The zero-order chi connectivity index (χ0) is 16.9. The second-order valence-corrected chi connectivity index (χ2v) is 6.00. The Hall–Kier alpha value is -2.41. The van der Waals surface area contributed by atoms with E-state index in [9.17, 15) is 4.79 Å². The molecule has 24 heavy (non-hydrogen) atoms. The lowest BCUT2D eigenvalue weighted by Crippen LogP contribution is -2.51. The maximum Gasteiger partial charge on any atom is 0.318 e. The molecule has 1 aliphatic rings. The second-order valence-electron chi connectivity index (χ2n) is 6.00. The Bertz CT molecular complexity index is 673. The normalized spacial score (nSPS) is 19.1. The fourth-order valence-electron chi connectivity index (χ4n) is 2.65. The standard InChI is InChI=1S/C17H22N4O3/c1-12-11-23-9-8-21(12)17(22)18-13(2)16-19-15(24-20-16)10-14-6-4-3-5-7-14/h3-7,12-13H,8-11H2,1-2H3,(H,18,22)/t12-,13+/m0/s1. The first-order chi connectivity index (χ1) is 11.6. The van der Waals surface area contributed by atoms with Gasteiger partial charge in [0, 0.05) is 6.54 Å². The number of morpholine rings is 1. The zero-order valence-corrected chi connectivity index (χ0v) is 13.9. The maximum atomic E-state index is 12.4. The van der Waals surface area contributed by atoms with E-state index in [0.29, 0.717) is 37.9 Å². The fraction of sp³-hybridized carbons (Fsp3) is 0.471. The van der Waals surface area contributed by atoms with Crippen LogP contribution in [0.15, 0.2) is 34.9 Å². The van der Waals surface area contributed by atoms with Gasteiger partial charge in [-0.05, 0) is 19.4 Å². The summed E-state index contributed by atoms with van der Waals surface area (Å²) in [4.78, 5) is 18.5. The molecule has 1 aliphatic heterocycles. The van der Waals surface area contributed by atoms with E-state index in [1.54, 1.807) is 4.90 Å². The van der Waals surface area contributed by atoms with Gasteiger partial charge in [0.1, 0.15) is 0 Å². The Morgan fingerprint density at radius 3 is 2.96 bits per heavy atom. The molecule has 7 heteroatoms. The van der Waals surface area contributed by atoms with Gasteiger partial charge in [-0.3, -0.25) is 0 Å². The summed E-state index contributed by atoms with van der Waals surface area (Å²) in [5.41, 5.74) is 1.10. The van der Waals surface area contributed by atoms with Gasteiger partial charge in [0.05, 0.1) is 31.7 Å². The molecule has 1 aromatic heterocycles. The summed E-state index contributed by atoms with van der Waals surface area (Å²) < 4.78 is 10.6. The van der Waals surface area contributed by atoms with Crippen LogP contribution in [0, 0.1) is 0 Å². The number of ether oxygens (including phenoxy) is 1. The van der Waals surface area contributed by atoms with Crippen molar-refractivity contribution in [3.05, 3.63) is 47.6 Å². The first-order valence-corrected chi connectivity index (χ1v) is 8.15. The van der Waals surface area contributed by atoms with Gasteiger partial charge >= 0.3 is 6.03 Å². The highest BCUT2D eigenvalue weighted by atomic mass is 16.5. The number of benzene rings is 1. The molecule has 2 heterocycles. The maximum absolute atomic E-state index is 12.4. The van der Waals surface area contributed by atoms with Crippen LogP contribution in [0.1, 0.15) is 37.2 Å². The van der Waals surface area contributed by atoms with Crippen molar-refractivity contribution in [1.82, 2.24) is 20.4 Å². The molecule has 1 aromatic carbocycles. The van der Waals surface area contributed by atoms with Crippen molar-refractivity contribution in [2.45, 2.75) is 32.4 Å². The average molecular weight is 330 g/mol. The van der Waals surface area contributed by atoms with Gasteiger partial charge in [0.25, 0.3) is 0 Å². The van der Waals surface area contributed by atoms with Crippen LogP contribution < -0.4 is 5.32 Å². The van der Waals surface area contributed by atoms with Crippen molar-refractivity contribution in [3.8, 4) is 0 Å². The van der Waals surface area contributed by atoms with Crippen LogP contribution in [-0.4, -0.2) is 46.9 Å². The molecule has 0 radical (unpaired) electrons. The van der Waals surface area contributed by atoms with Gasteiger partial charge in [-0.1, -0.05) is 35.5 Å². The summed E-state index contributed by atoms with van der Waals surface area (Å²) in [6.45, 7) is 5.53. The molecule has 2 amide bonds. The number of nitrogens with zero attached hydrogens (tertiary/aromatic N) is 3. The van der Waals surface area contributed by atoms with E-state index >= 15 is 0 Å². The third-order valence-corrected chi connectivity index (χ3v) is 4.04. The Balaban J connectivity index is 1.59. The number of rotatable bonds is 4. The van der Waals surface area contributed by atoms with Gasteiger partial charge in [0.2, 0.25) is 5.89 Å². The lowest BCUT2D eigenvalue weighted by Gasteiger charge is -2.33. The van der Waals surface area contributed by atoms with Crippen LogP contribution >= 0.6 is 0 Å². The van der Waals surface area contributed by atoms with Gasteiger partial charge in [-0.2, -0.15) is 4.98 Å². The van der Waals surface area contributed by atoms with Crippen LogP contribution in [-0.2, 0) is 11.2 Å². The lowest BCUT2D eigenvalue weighted by molar-refractivity contribution is 0.0184. The smallest absolute Gasteiger partial charge is 0.318 e. The molecule has 0 saturated carbocycles. The molecule has 1 saturated heterocycles. The Morgan fingerprint density at radius 2 is 2.21 bits per heavy atom. The van der Waals surface area contributed by atoms with Gasteiger partial charge in [0.15, 0.2) is 5.82 Å². The summed E-state index contributed by atoms with van der Waals surface area (Å²) in [6, 6.07) is 9.53. The van der Waals surface area contributed by atoms with Crippen LogP contribution in [0.5, 0.6) is 0 Å². The zero-order valence-electron chi connectivity index (χ0n) is 13.9. The van der Waals surface area contributed by atoms with Crippen LogP contribution in [0.3, 0.4) is 0 Å². The van der Waals surface area contributed by atoms with Crippen molar-refractivity contribution >= 4 is 6.03 Å². The van der Waals surface area contributed by atoms with E-state index in [4.69, 9.17) is 9.26 Å². The number of aromatic nitrogens is 2. The molecule has 0 bridgehead atoms. The number of carbonyl (C=O) groups is 1. The Kier molecular flexibility index (Phi) is 5.10. The predicted octanol–water partition coefficient (Wildman–Crippen LogP) is 2.15. The number of nitrogens with one attached hydrogen (secondary N) is 1. The monoisotopic (exact) mass is 330 g/mol. The van der Waals surface area contributed by atoms with Gasteiger partial charge in [-0.25, -0.2) is 4.79 Å². The van der Waals surface area contributed by atoms with E-state index in [0.717, 1.165) is 5.56 Å².